The quantitative estimate of drug-likeness (QED) is 0.883. The van der Waals surface area contributed by atoms with Gasteiger partial charge in [0.1, 0.15) is 5.00 Å². The van der Waals surface area contributed by atoms with E-state index < -0.39 is 0 Å². The monoisotopic (exact) mass is 247 g/mol. The maximum absolute atomic E-state index is 4.52. The molecule has 1 aliphatic rings. The lowest BCUT2D eigenvalue weighted by molar-refractivity contribution is 0.451. The lowest BCUT2D eigenvalue weighted by Gasteiger charge is -2.33. The normalized spacial score (nSPS) is 21.0. The van der Waals surface area contributed by atoms with Gasteiger partial charge in [-0.2, -0.15) is 4.37 Å². The fourth-order valence-electron chi connectivity index (χ4n) is 2.50. The first-order valence-corrected chi connectivity index (χ1v) is 6.92. The number of nitrogens with one attached hydrogen (secondary N) is 1. The summed E-state index contributed by atoms with van der Waals surface area (Å²) >= 11 is 1.63. The highest BCUT2D eigenvalue weighted by atomic mass is 32.1. The molecule has 2 aromatic rings. The van der Waals surface area contributed by atoms with Crippen molar-refractivity contribution in [3.8, 4) is 0 Å². The second kappa shape index (κ2) is 4.63. The summed E-state index contributed by atoms with van der Waals surface area (Å²) in [6, 6.07) is 9.04. The second-order valence-electron chi connectivity index (χ2n) is 4.58. The first-order valence-electron chi connectivity index (χ1n) is 6.15. The van der Waals surface area contributed by atoms with Gasteiger partial charge in [0, 0.05) is 24.5 Å². The summed E-state index contributed by atoms with van der Waals surface area (Å²) in [6.45, 7) is 2.26. The summed E-state index contributed by atoms with van der Waals surface area (Å²) in [4.78, 5) is 2.48. The molecule has 0 spiro atoms. The first kappa shape index (κ1) is 11.0. The van der Waals surface area contributed by atoms with Crippen LogP contribution in [0.3, 0.4) is 0 Å². The van der Waals surface area contributed by atoms with Gasteiger partial charge in [-0.1, -0.05) is 12.1 Å². The Kier molecular flexibility index (Phi) is 2.99. The average molecular weight is 247 g/mol. The average Bonchev–Trinajstić information content (AvgIpc) is 2.82. The topological polar surface area (TPSA) is 28.2 Å². The maximum Gasteiger partial charge on any atom is 0.120 e. The van der Waals surface area contributed by atoms with Crippen molar-refractivity contribution in [3.63, 3.8) is 0 Å². The van der Waals surface area contributed by atoms with Crippen molar-refractivity contribution >= 4 is 27.4 Å². The summed E-state index contributed by atoms with van der Waals surface area (Å²) in [5.41, 5.74) is 1.12. The van der Waals surface area contributed by atoms with E-state index in [1.165, 1.54) is 23.2 Å². The number of fused-ring (bicyclic) bond motifs is 1. The van der Waals surface area contributed by atoms with Crippen molar-refractivity contribution in [2.45, 2.75) is 18.9 Å². The molecule has 4 heteroatoms. The Labute approximate surface area is 106 Å². The number of benzene rings is 1. The van der Waals surface area contributed by atoms with E-state index in [4.69, 9.17) is 0 Å². The molecule has 1 atom stereocenters. The van der Waals surface area contributed by atoms with Crippen LogP contribution in [0.15, 0.2) is 24.3 Å². The van der Waals surface area contributed by atoms with Gasteiger partial charge < -0.3 is 10.2 Å². The van der Waals surface area contributed by atoms with E-state index in [1.54, 1.807) is 11.5 Å². The minimum Gasteiger partial charge on any atom is -0.360 e. The predicted molar refractivity (Wildman–Crippen MR) is 73.9 cm³/mol. The van der Waals surface area contributed by atoms with Crippen molar-refractivity contribution in [2.75, 3.05) is 25.0 Å². The largest absolute Gasteiger partial charge is 0.360 e. The molecular weight excluding hydrogens is 230 g/mol. The Morgan fingerprint density at radius 2 is 2.29 bits per heavy atom. The number of nitrogens with zero attached hydrogens (tertiary/aromatic N) is 2. The zero-order valence-electron chi connectivity index (χ0n) is 10.0. The minimum atomic E-state index is 0.615. The van der Waals surface area contributed by atoms with Gasteiger partial charge in [0.15, 0.2) is 0 Å². The molecule has 1 aliphatic heterocycles. The van der Waals surface area contributed by atoms with Gasteiger partial charge in [0.05, 0.1) is 5.52 Å². The maximum atomic E-state index is 4.52. The Balaban J connectivity index is 1.92. The third-order valence-electron chi connectivity index (χ3n) is 3.48. The summed E-state index contributed by atoms with van der Waals surface area (Å²) in [5, 5.41) is 6.02. The second-order valence-corrected chi connectivity index (χ2v) is 5.33. The minimum absolute atomic E-state index is 0.615. The number of likely N-dealkylation sites (N-methyl/N-ethyl adjacent to an activating group) is 1. The highest BCUT2D eigenvalue weighted by Gasteiger charge is 2.21. The van der Waals surface area contributed by atoms with Crippen LogP contribution in [0.25, 0.3) is 10.9 Å². The van der Waals surface area contributed by atoms with E-state index in [0.29, 0.717) is 6.04 Å². The number of anilines is 1. The lowest BCUT2D eigenvalue weighted by Crippen LogP contribution is -2.44. The van der Waals surface area contributed by atoms with Crippen LogP contribution in [0.4, 0.5) is 5.00 Å². The Hall–Kier alpha value is -1.13. The SMILES string of the molecule is CNC1CCCN(c2snc3ccccc23)C1. The summed E-state index contributed by atoms with van der Waals surface area (Å²) in [5.74, 6) is 0. The number of hydrogen-bond donors (Lipinski definition) is 1. The molecule has 1 unspecified atom stereocenters. The molecule has 3 nitrogen and oxygen atoms in total. The zero-order chi connectivity index (χ0) is 11.7. The summed E-state index contributed by atoms with van der Waals surface area (Å²) in [7, 11) is 2.05. The molecule has 0 bridgehead atoms. The molecule has 0 amide bonds. The van der Waals surface area contributed by atoms with Gasteiger partial charge >= 0.3 is 0 Å². The van der Waals surface area contributed by atoms with E-state index in [-0.39, 0.29) is 0 Å². The van der Waals surface area contributed by atoms with E-state index in [1.807, 2.05) is 0 Å². The van der Waals surface area contributed by atoms with Gasteiger partial charge in [-0.15, -0.1) is 0 Å². The van der Waals surface area contributed by atoms with Gasteiger partial charge in [-0.05, 0) is 43.6 Å². The Morgan fingerprint density at radius 1 is 1.41 bits per heavy atom. The summed E-state index contributed by atoms with van der Waals surface area (Å²) in [6.07, 6.45) is 2.54. The van der Waals surface area contributed by atoms with Crippen LogP contribution >= 0.6 is 11.5 Å². The standard InChI is InChI=1S/C13H17N3S/c1-14-10-5-4-8-16(9-10)13-11-6-2-3-7-12(11)15-17-13/h2-3,6-7,10,14H,4-5,8-9H2,1H3. The van der Waals surface area contributed by atoms with Crippen LogP contribution < -0.4 is 10.2 Å². The van der Waals surface area contributed by atoms with E-state index >= 15 is 0 Å². The predicted octanol–water partition coefficient (Wildman–Crippen LogP) is 2.48. The molecule has 1 aromatic heterocycles. The van der Waals surface area contributed by atoms with Crippen LogP contribution in [0, 0.1) is 0 Å². The molecule has 1 fully saturated rings. The molecule has 0 radical (unpaired) electrons. The van der Waals surface area contributed by atoms with Crippen LogP contribution in [0.2, 0.25) is 0 Å². The Bertz CT molecular complexity index is 508. The highest BCUT2D eigenvalue weighted by Crippen LogP contribution is 2.32. The molecular formula is C13H17N3S. The zero-order valence-corrected chi connectivity index (χ0v) is 10.8. The van der Waals surface area contributed by atoms with Crippen LogP contribution in [-0.4, -0.2) is 30.6 Å². The van der Waals surface area contributed by atoms with E-state index in [2.05, 4.69) is 45.9 Å². The van der Waals surface area contributed by atoms with Crippen molar-refractivity contribution in [1.82, 2.24) is 9.69 Å². The molecule has 1 saturated heterocycles. The van der Waals surface area contributed by atoms with Gasteiger partial charge in [-0.25, -0.2) is 0 Å². The fraction of sp³-hybridized carbons (Fsp3) is 0.462. The third kappa shape index (κ3) is 2.03. The highest BCUT2D eigenvalue weighted by molar-refractivity contribution is 7.11. The van der Waals surface area contributed by atoms with Crippen LogP contribution in [0.5, 0.6) is 0 Å². The van der Waals surface area contributed by atoms with E-state index in [9.17, 15) is 0 Å². The molecule has 0 saturated carbocycles. The van der Waals surface area contributed by atoms with Crippen LogP contribution in [0.1, 0.15) is 12.8 Å². The first-order chi connectivity index (χ1) is 8.38. The number of rotatable bonds is 2. The number of aromatic nitrogens is 1. The number of piperidine rings is 1. The molecule has 1 aromatic carbocycles. The fourth-order valence-corrected chi connectivity index (χ4v) is 3.40. The Morgan fingerprint density at radius 3 is 3.18 bits per heavy atom. The smallest absolute Gasteiger partial charge is 0.120 e. The van der Waals surface area contributed by atoms with Crippen molar-refractivity contribution < 1.29 is 0 Å². The van der Waals surface area contributed by atoms with Crippen LogP contribution in [-0.2, 0) is 0 Å². The molecule has 17 heavy (non-hydrogen) atoms. The number of hydrogen-bond acceptors (Lipinski definition) is 4. The molecule has 3 rings (SSSR count). The molecule has 90 valence electrons. The van der Waals surface area contributed by atoms with Gasteiger partial charge in [0.25, 0.3) is 0 Å². The summed E-state index contributed by atoms with van der Waals surface area (Å²) < 4.78 is 4.52. The van der Waals surface area contributed by atoms with Crippen molar-refractivity contribution in [2.24, 2.45) is 0 Å². The van der Waals surface area contributed by atoms with Crippen molar-refractivity contribution in [1.29, 1.82) is 0 Å². The third-order valence-corrected chi connectivity index (χ3v) is 4.42. The van der Waals surface area contributed by atoms with Crippen molar-refractivity contribution in [3.05, 3.63) is 24.3 Å². The van der Waals surface area contributed by atoms with Gasteiger partial charge in [0.2, 0.25) is 0 Å². The van der Waals surface area contributed by atoms with E-state index in [0.717, 1.165) is 18.6 Å². The lowest BCUT2D eigenvalue weighted by atomic mass is 10.1. The molecule has 1 N–H and O–H groups in total. The molecule has 2 heterocycles. The molecule has 0 aliphatic carbocycles. The van der Waals surface area contributed by atoms with Gasteiger partial charge in [-0.3, -0.25) is 0 Å².